The third-order valence-corrected chi connectivity index (χ3v) is 8.34. The number of halogens is 2. The average Bonchev–Trinajstić information content (AvgIpc) is 3.25. The van der Waals surface area contributed by atoms with Gasteiger partial charge in [-0.05, 0) is 52.9 Å². The summed E-state index contributed by atoms with van der Waals surface area (Å²) in [6, 6.07) is 15.0. The standard InChI is InChI=1S/C28H31F2N3O4S/c1-4-38(35,36)24-11-7-19(8-12-24)14-32-27(34)21-13-22-17-33(26(18(2)3)25(22)31-15-21)16-20-5-9-23(10-6-20)37-28(29)30/h5-13,15,18,26,28H,4,14,16-17H2,1-3H3,(H,32,34)/t26-/m0/s1. The predicted octanol–water partition coefficient (Wildman–Crippen LogP) is 5.12. The zero-order chi connectivity index (χ0) is 27.4. The molecule has 0 bridgehead atoms. The second-order valence-electron chi connectivity index (χ2n) is 9.61. The van der Waals surface area contributed by atoms with Gasteiger partial charge in [0.25, 0.3) is 5.91 Å². The van der Waals surface area contributed by atoms with Gasteiger partial charge in [0.05, 0.1) is 27.9 Å². The van der Waals surface area contributed by atoms with Crippen LogP contribution in [-0.2, 0) is 29.5 Å². The van der Waals surface area contributed by atoms with Crippen LogP contribution in [0.4, 0.5) is 8.78 Å². The molecule has 0 aliphatic carbocycles. The normalized spacial score (nSPS) is 15.6. The number of nitrogens with one attached hydrogen (secondary N) is 1. The maximum absolute atomic E-state index is 12.9. The number of nitrogens with zero attached hydrogens (tertiary/aromatic N) is 2. The Morgan fingerprint density at radius 1 is 1.11 bits per heavy atom. The molecule has 1 atom stereocenters. The number of pyridine rings is 1. The molecule has 1 aliphatic heterocycles. The topological polar surface area (TPSA) is 88.6 Å². The van der Waals surface area contributed by atoms with Crippen molar-refractivity contribution in [2.24, 2.45) is 5.92 Å². The van der Waals surface area contributed by atoms with Gasteiger partial charge in [-0.1, -0.05) is 45.0 Å². The van der Waals surface area contributed by atoms with Crippen molar-refractivity contribution >= 4 is 15.7 Å². The molecule has 0 unspecified atom stereocenters. The number of sulfone groups is 1. The minimum absolute atomic E-state index is 0.0338. The van der Waals surface area contributed by atoms with Gasteiger partial charge in [0.2, 0.25) is 0 Å². The lowest BCUT2D eigenvalue weighted by Gasteiger charge is -2.27. The molecule has 2 aromatic carbocycles. The predicted molar refractivity (Wildman–Crippen MR) is 139 cm³/mol. The Morgan fingerprint density at radius 3 is 2.37 bits per heavy atom. The first-order valence-corrected chi connectivity index (χ1v) is 14.1. The summed E-state index contributed by atoms with van der Waals surface area (Å²) < 4.78 is 53.3. The van der Waals surface area contributed by atoms with E-state index in [2.05, 4.69) is 33.8 Å². The lowest BCUT2D eigenvalue weighted by molar-refractivity contribution is -0.0498. The van der Waals surface area contributed by atoms with Crippen LogP contribution in [0.1, 0.15) is 59.6 Å². The number of amides is 1. The zero-order valence-corrected chi connectivity index (χ0v) is 22.3. The molecular formula is C28H31F2N3O4S. The van der Waals surface area contributed by atoms with Crippen molar-refractivity contribution in [2.75, 3.05) is 5.75 Å². The smallest absolute Gasteiger partial charge is 0.387 e. The van der Waals surface area contributed by atoms with E-state index < -0.39 is 16.4 Å². The van der Waals surface area contributed by atoms with Gasteiger partial charge in [0.1, 0.15) is 5.75 Å². The van der Waals surface area contributed by atoms with E-state index in [1.807, 2.05) is 6.07 Å². The molecule has 0 fully saturated rings. The van der Waals surface area contributed by atoms with Crippen molar-refractivity contribution in [1.82, 2.24) is 15.2 Å². The lowest BCUT2D eigenvalue weighted by atomic mass is 9.99. The molecule has 3 aromatic rings. The highest BCUT2D eigenvalue weighted by atomic mass is 32.2. The van der Waals surface area contributed by atoms with E-state index in [4.69, 9.17) is 0 Å². The second kappa shape index (κ2) is 11.6. The van der Waals surface area contributed by atoms with Gasteiger partial charge in [-0.15, -0.1) is 0 Å². The largest absolute Gasteiger partial charge is 0.435 e. The Bertz CT molecular complexity index is 1380. The van der Waals surface area contributed by atoms with Crippen LogP contribution in [0.25, 0.3) is 0 Å². The summed E-state index contributed by atoms with van der Waals surface area (Å²) in [7, 11) is -3.27. The SMILES string of the molecule is CCS(=O)(=O)c1ccc(CNC(=O)c2cnc3c(c2)CN(Cc2ccc(OC(F)F)cc2)[C@H]3C(C)C)cc1. The van der Waals surface area contributed by atoms with Gasteiger partial charge in [-0.2, -0.15) is 8.78 Å². The van der Waals surface area contributed by atoms with Crippen LogP contribution in [0.3, 0.4) is 0 Å². The van der Waals surface area contributed by atoms with Gasteiger partial charge in [0.15, 0.2) is 9.84 Å². The quantitative estimate of drug-likeness (QED) is 0.382. The lowest BCUT2D eigenvalue weighted by Crippen LogP contribution is -2.25. The Labute approximate surface area is 221 Å². The van der Waals surface area contributed by atoms with E-state index >= 15 is 0 Å². The van der Waals surface area contributed by atoms with Crippen molar-refractivity contribution < 1.29 is 26.7 Å². The molecule has 1 aromatic heterocycles. The van der Waals surface area contributed by atoms with E-state index in [0.29, 0.717) is 18.7 Å². The molecule has 1 N–H and O–H groups in total. The molecule has 4 rings (SSSR count). The van der Waals surface area contributed by atoms with Crippen molar-refractivity contribution in [2.45, 2.75) is 58.0 Å². The molecular weight excluding hydrogens is 512 g/mol. The van der Waals surface area contributed by atoms with Crippen molar-refractivity contribution in [3.05, 3.63) is 88.7 Å². The van der Waals surface area contributed by atoms with Crippen molar-refractivity contribution in [3.8, 4) is 5.75 Å². The van der Waals surface area contributed by atoms with E-state index in [1.54, 1.807) is 49.5 Å². The fourth-order valence-electron chi connectivity index (χ4n) is 4.70. The minimum atomic E-state index is -3.27. The monoisotopic (exact) mass is 543 g/mol. The summed E-state index contributed by atoms with van der Waals surface area (Å²) in [5.74, 6) is 0.156. The third kappa shape index (κ3) is 6.36. The fraction of sp³-hybridized carbons (Fsp3) is 0.357. The highest BCUT2D eigenvalue weighted by Gasteiger charge is 2.34. The maximum atomic E-state index is 12.9. The number of hydrogen-bond donors (Lipinski definition) is 1. The van der Waals surface area contributed by atoms with Crippen LogP contribution in [-0.4, -0.2) is 36.6 Å². The van der Waals surface area contributed by atoms with Gasteiger partial charge in [0, 0.05) is 25.8 Å². The van der Waals surface area contributed by atoms with Gasteiger partial charge in [-0.3, -0.25) is 14.7 Å². The van der Waals surface area contributed by atoms with Crippen molar-refractivity contribution in [3.63, 3.8) is 0 Å². The van der Waals surface area contributed by atoms with Crippen LogP contribution in [0, 0.1) is 5.92 Å². The summed E-state index contributed by atoms with van der Waals surface area (Å²) in [6.07, 6.45) is 1.58. The van der Waals surface area contributed by atoms with Crippen LogP contribution in [0.5, 0.6) is 5.75 Å². The molecule has 202 valence electrons. The summed E-state index contributed by atoms with van der Waals surface area (Å²) in [4.78, 5) is 20.0. The average molecular weight is 544 g/mol. The van der Waals surface area contributed by atoms with E-state index in [1.165, 1.54) is 12.1 Å². The molecule has 1 amide bonds. The van der Waals surface area contributed by atoms with Crippen LogP contribution < -0.4 is 10.1 Å². The Balaban J connectivity index is 1.42. The van der Waals surface area contributed by atoms with Gasteiger partial charge < -0.3 is 10.1 Å². The molecule has 1 aliphatic rings. The van der Waals surface area contributed by atoms with E-state index in [-0.39, 0.29) is 40.8 Å². The minimum Gasteiger partial charge on any atom is -0.435 e. The molecule has 2 heterocycles. The molecule has 0 radical (unpaired) electrons. The number of alkyl halides is 2. The summed E-state index contributed by atoms with van der Waals surface area (Å²) >= 11 is 0. The first-order chi connectivity index (χ1) is 18.1. The van der Waals surface area contributed by atoms with Gasteiger partial charge >= 0.3 is 6.61 Å². The third-order valence-electron chi connectivity index (χ3n) is 6.59. The number of carbonyl (C=O) groups is 1. The maximum Gasteiger partial charge on any atom is 0.387 e. The number of carbonyl (C=O) groups excluding carboxylic acids is 1. The molecule has 0 spiro atoms. The van der Waals surface area contributed by atoms with Crippen LogP contribution in [0.15, 0.2) is 65.7 Å². The number of hydrogen-bond acceptors (Lipinski definition) is 6. The highest BCUT2D eigenvalue weighted by molar-refractivity contribution is 7.91. The molecule has 0 saturated heterocycles. The number of fused-ring (bicyclic) bond motifs is 1. The molecule has 7 nitrogen and oxygen atoms in total. The van der Waals surface area contributed by atoms with Crippen LogP contribution in [0.2, 0.25) is 0 Å². The highest BCUT2D eigenvalue weighted by Crippen LogP contribution is 2.38. The molecule has 10 heteroatoms. The Morgan fingerprint density at radius 2 is 1.76 bits per heavy atom. The van der Waals surface area contributed by atoms with Gasteiger partial charge in [-0.25, -0.2) is 8.42 Å². The number of benzene rings is 2. The van der Waals surface area contributed by atoms with E-state index in [9.17, 15) is 22.0 Å². The number of aromatic nitrogens is 1. The Kier molecular flexibility index (Phi) is 8.42. The van der Waals surface area contributed by atoms with E-state index in [0.717, 1.165) is 22.4 Å². The first-order valence-electron chi connectivity index (χ1n) is 12.4. The number of rotatable bonds is 10. The Hall–Kier alpha value is -3.37. The van der Waals surface area contributed by atoms with Crippen LogP contribution >= 0.6 is 0 Å². The van der Waals surface area contributed by atoms with Crippen molar-refractivity contribution in [1.29, 1.82) is 0 Å². The first kappa shape index (κ1) is 27.7. The summed E-state index contributed by atoms with van der Waals surface area (Å²) in [6.45, 7) is 4.43. The molecule has 38 heavy (non-hydrogen) atoms. The summed E-state index contributed by atoms with van der Waals surface area (Å²) in [5, 5.41) is 2.88. The zero-order valence-electron chi connectivity index (χ0n) is 21.5. The summed E-state index contributed by atoms with van der Waals surface area (Å²) in [5.41, 5.74) is 4.11. The fourth-order valence-corrected chi connectivity index (χ4v) is 5.58. The molecule has 0 saturated carbocycles. The second-order valence-corrected chi connectivity index (χ2v) is 11.9. The number of ether oxygens (including phenoxy) is 1.